The molecule has 1 heterocycles. The first kappa shape index (κ1) is 18.7. The summed E-state index contributed by atoms with van der Waals surface area (Å²) in [5.41, 5.74) is 2.98. The van der Waals surface area contributed by atoms with Gasteiger partial charge in [0, 0.05) is 32.3 Å². The molecule has 0 radical (unpaired) electrons. The van der Waals surface area contributed by atoms with E-state index in [0.717, 1.165) is 22.4 Å². The monoisotopic (exact) mass is 364 g/mol. The molecule has 0 fully saturated rings. The number of ether oxygens (including phenoxy) is 1. The van der Waals surface area contributed by atoms with Crippen molar-refractivity contribution in [2.24, 2.45) is 0 Å². The van der Waals surface area contributed by atoms with Crippen LogP contribution >= 0.6 is 0 Å². The number of hydrogen-bond donors (Lipinski definition) is 0. The number of nitrogens with zero attached hydrogens (tertiary/aromatic N) is 2. The number of carbonyl (C=O) groups excluding carboxylic acids is 2. The Labute approximate surface area is 159 Å². The van der Waals surface area contributed by atoms with Crippen LogP contribution in [-0.2, 0) is 16.1 Å². The largest absolute Gasteiger partial charge is 0.496 e. The van der Waals surface area contributed by atoms with Crippen molar-refractivity contribution in [3.05, 3.63) is 71.4 Å². The first-order chi connectivity index (χ1) is 13.0. The molecular weight excluding hydrogens is 340 g/mol. The molecule has 1 aliphatic rings. The number of benzene rings is 2. The predicted octanol–water partition coefficient (Wildman–Crippen LogP) is 3.62. The first-order valence-electron chi connectivity index (χ1n) is 8.93. The fourth-order valence-corrected chi connectivity index (χ4v) is 3.41. The zero-order chi connectivity index (χ0) is 19.4. The second-order valence-electron chi connectivity index (χ2n) is 6.65. The van der Waals surface area contributed by atoms with Crippen molar-refractivity contribution >= 4 is 17.9 Å². The van der Waals surface area contributed by atoms with E-state index in [2.05, 4.69) is 0 Å². The third-order valence-electron chi connectivity index (χ3n) is 4.86. The van der Waals surface area contributed by atoms with Crippen LogP contribution in [0.3, 0.4) is 0 Å². The van der Waals surface area contributed by atoms with E-state index in [-0.39, 0.29) is 24.3 Å². The summed E-state index contributed by atoms with van der Waals surface area (Å²) in [6.07, 6.45) is 3.91. The summed E-state index contributed by atoms with van der Waals surface area (Å²) >= 11 is 0. The van der Waals surface area contributed by atoms with E-state index in [1.807, 2.05) is 54.6 Å². The SMILES string of the molecule is COc1ccccc1CN(C)C(=O)CC1c2ccccc2C=CN1C(C)=O. The Kier molecular flexibility index (Phi) is 5.60. The molecular formula is C22H24N2O3. The van der Waals surface area contributed by atoms with Crippen LogP contribution in [0.4, 0.5) is 0 Å². The van der Waals surface area contributed by atoms with Crippen molar-refractivity contribution in [2.75, 3.05) is 14.2 Å². The van der Waals surface area contributed by atoms with Crippen LogP contribution in [0.25, 0.3) is 6.08 Å². The Morgan fingerprint density at radius 2 is 1.81 bits per heavy atom. The van der Waals surface area contributed by atoms with Crippen molar-refractivity contribution in [1.29, 1.82) is 0 Å². The van der Waals surface area contributed by atoms with Gasteiger partial charge in [-0.3, -0.25) is 9.59 Å². The van der Waals surface area contributed by atoms with Gasteiger partial charge in [0.05, 0.1) is 19.6 Å². The maximum absolute atomic E-state index is 12.9. The lowest BCUT2D eigenvalue weighted by molar-refractivity contribution is -0.134. The summed E-state index contributed by atoms with van der Waals surface area (Å²) in [5.74, 6) is 0.654. The molecule has 3 rings (SSSR count). The summed E-state index contributed by atoms with van der Waals surface area (Å²) in [6.45, 7) is 1.97. The molecule has 1 aliphatic heterocycles. The van der Waals surface area contributed by atoms with Crippen LogP contribution in [0.2, 0.25) is 0 Å². The predicted molar refractivity (Wildman–Crippen MR) is 105 cm³/mol. The minimum Gasteiger partial charge on any atom is -0.496 e. The summed E-state index contributed by atoms with van der Waals surface area (Å²) in [4.78, 5) is 28.3. The minimum absolute atomic E-state index is 0.0257. The molecule has 2 aromatic carbocycles. The van der Waals surface area contributed by atoms with Crippen LogP contribution in [0, 0.1) is 0 Å². The summed E-state index contributed by atoms with van der Waals surface area (Å²) < 4.78 is 5.37. The average Bonchev–Trinajstić information content (AvgIpc) is 2.68. The van der Waals surface area contributed by atoms with Crippen molar-refractivity contribution in [2.45, 2.75) is 25.9 Å². The Balaban J connectivity index is 1.78. The molecule has 0 bridgehead atoms. The standard InChI is InChI=1S/C22H24N2O3/c1-16(25)24-13-12-17-8-4-6-10-19(17)20(24)14-22(26)23(2)15-18-9-5-7-11-21(18)27-3/h4-13,20H,14-15H2,1-3H3. The van der Waals surface area contributed by atoms with E-state index in [1.165, 1.54) is 6.92 Å². The molecule has 27 heavy (non-hydrogen) atoms. The van der Waals surface area contributed by atoms with Gasteiger partial charge < -0.3 is 14.5 Å². The third-order valence-corrected chi connectivity index (χ3v) is 4.86. The molecule has 2 aromatic rings. The summed E-state index contributed by atoms with van der Waals surface area (Å²) in [6, 6.07) is 15.2. The molecule has 0 aliphatic carbocycles. The molecule has 1 unspecified atom stereocenters. The van der Waals surface area contributed by atoms with E-state index in [9.17, 15) is 9.59 Å². The van der Waals surface area contributed by atoms with Crippen LogP contribution in [0.1, 0.15) is 36.1 Å². The fourth-order valence-electron chi connectivity index (χ4n) is 3.41. The highest BCUT2D eigenvalue weighted by molar-refractivity contribution is 5.81. The van der Waals surface area contributed by atoms with Gasteiger partial charge in [0.1, 0.15) is 5.75 Å². The molecule has 140 valence electrons. The lowest BCUT2D eigenvalue weighted by Gasteiger charge is -2.33. The Morgan fingerprint density at radius 3 is 2.56 bits per heavy atom. The van der Waals surface area contributed by atoms with Gasteiger partial charge in [-0.25, -0.2) is 0 Å². The molecule has 0 saturated heterocycles. The maximum atomic E-state index is 12.9. The number of amides is 2. The molecule has 2 amide bonds. The van der Waals surface area contributed by atoms with Gasteiger partial charge in [-0.1, -0.05) is 42.5 Å². The van der Waals surface area contributed by atoms with Gasteiger partial charge in [-0.15, -0.1) is 0 Å². The topological polar surface area (TPSA) is 49.9 Å². The second kappa shape index (κ2) is 8.08. The van der Waals surface area contributed by atoms with Crippen molar-refractivity contribution in [1.82, 2.24) is 9.80 Å². The zero-order valence-corrected chi connectivity index (χ0v) is 15.9. The van der Waals surface area contributed by atoms with Crippen LogP contribution in [0.15, 0.2) is 54.7 Å². The Hall–Kier alpha value is -3.08. The van der Waals surface area contributed by atoms with Gasteiger partial charge in [-0.05, 0) is 23.3 Å². The molecule has 0 saturated carbocycles. The molecule has 5 nitrogen and oxygen atoms in total. The summed E-state index contributed by atoms with van der Waals surface area (Å²) in [7, 11) is 3.40. The van der Waals surface area contributed by atoms with Gasteiger partial charge in [0.2, 0.25) is 11.8 Å². The smallest absolute Gasteiger partial charge is 0.225 e. The molecule has 5 heteroatoms. The maximum Gasteiger partial charge on any atom is 0.225 e. The highest BCUT2D eigenvalue weighted by atomic mass is 16.5. The molecule has 0 spiro atoms. The minimum atomic E-state index is -0.295. The lowest BCUT2D eigenvalue weighted by atomic mass is 9.93. The Bertz CT molecular complexity index is 875. The van der Waals surface area contributed by atoms with Gasteiger partial charge >= 0.3 is 0 Å². The van der Waals surface area contributed by atoms with Gasteiger partial charge in [0.25, 0.3) is 0 Å². The van der Waals surface area contributed by atoms with Crippen molar-refractivity contribution in [3.8, 4) is 5.75 Å². The lowest BCUT2D eigenvalue weighted by Crippen LogP contribution is -2.35. The van der Waals surface area contributed by atoms with Crippen molar-refractivity contribution in [3.63, 3.8) is 0 Å². The summed E-state index contributed by atoms with van der Waals surface area (Å²) in [5, 5.41) is 0. The zero-order valence-electron chi connectivity index (χ0n) is 15.9. The van der Waals surface area contributed by atoms with E-state index in [4.69, 9.17) is 4.74 Å². The molecule has 0 N–H and O–H groups in total. The van der Waals surface area contributed by atoms with E-state index >= 15 is 0 Å². The van der Waals surface area contributed by atoms with E-state index in [1.54, 1.807) is 30.2 Å². The van der Waals surface area contributed by atoms with E-state index < -0.39 is 0 Å². The van der Waals surface area contributed by atoms with Gasteiger partial charge in [-0.2, -0.15) is 0 Å². The van der Waals surface area contributed by atoms with Gasteiger partial charge in [0.15, 0.2) is 0 Å². The molecule has 1 atom stereocenters. The Morgan fingerprint density at radius 1 is 1.11 bits per heavy atom. The highest BCUT2D eigenvalue weighted by Gasteiger charge is 2.29. The number of fused-ring (bicyclic) bond motifs is 1. The molecule has 0 aromatic heterocycles. The second-order valence-corrected chi connectivity index (χ2v) is 6.65. The number of hydrogen-bond acceptors (Lipinski definition) is 3. The quantitative estimate of drug-likeness (QED) is 0.814. The highest BCUT2D eigenvalue weighted by Crippen LogP contribution is 2.33. The average molecular weight is 364 g/mol. The number of para-hydroxylation sites is 1. The third kappa shape index (κ3) is 4.03. The normalized spacial score (nSPS) is 15.2. The number of carbonyl (C=O) groups is 2. The van der Waals surface area contributed by atoms with E-state index in [0.29, 0.717) is 6.54 Å². The number of rotatable bonds is 5. The fraction of sp³-hybridized carbons (Fsp3) is 0.273. The van der Waals surface area contributed by atoms with Crippen molar-refractivity contribution < 1.29 is 14.3 Å². The number of methoxy groups -OCH3 is 1. The van der Waals surface area contributed by atoms with Crippen LogP contribution in [0.5, 0.6) is 5.75 Å². The first-order valence-corrected chi connectivity index (χ1v) is 8.93. The van der Waals surface area contributed by atoms with Crippen LogP contribution in [-0.4, -0.2) is 35.8 Å². The van der Waals surface area contributed by atoms with Crippen LogP contribution < -0.4 is 4.74 Å².